The molecule has 1 N–H and O–H groups in total. The fraction of sp³-hybridized carbons (Fsp3) is 0.290. The van der Waals surface area contributed by atoms with E-state index >= 15 is 0 Å². The molecule has 1 aliphatic heterocycles. The van der Waals surface area contributed by atoms with Crippen LogP contribution in [0.25, 0.3) is 32.5 Å². The Hall–Kier alpha value is -3.48. The van der Waals surface area contributed by atoms with E-state index < -0.39 is 5.60 Å². The van der Waals surface area contributed by atoms with E-state index in [4.69, 9.17) is 9.40 Å². The Kier molecular flexibility index (Phi) is 6.09. The first-order chi connectivity index (χ1) is 17.9. The second-order valence-electron chi connectivity index (χ2n) is 10.3. The summed E-state index contributed by atoms with van der Waals surface area (Å²) in [5.74, 6) is 0.571. The number of carbonyl (C=O) groups excluding carboxylic acids is 1. The van der Waals surface area contributed by atoms with Crippen molar-refractivity contribution >= 4 is 39.2 Å². The number of para-hydroxylation sites is 1. The Morgan fingerprint density at radius 1 is 1.03 bits per heavy atom. The lowest BCUT2D eigenvalue weighted by atomic mass is 9.88. The zero-order chi connectivity index (χ0) is 25.6. The summed E-state index contributed by atoms with van der Waals surface area (Å²) in [7, 11) is 0. The second kappa shape index (κ2) is 9.43. The first-order valence-electron chi connectivity index (χ1n) is 12.9. The summed E-state index contributed by atoms with van der Waals surface area (Å²) in [6.45, 7) is 5.40. The summed E-state index contributed by atoms with van der Waals surface area (Å²) in [5, 5.41) is 16.4. The van der Waals surface area contributed by atoms with Crippen LogP contribution in [0.2, 0.25) is 0 Å². The number of aliphatic hydroxyl groups is 1. The van der Waals surface area contributed by atoms with E-state index in [1.807, 2.05) is 46.7 Å². The Morgan fingerprint density at radius 3 is 2.51 bits per heavy atom. The maximum atomic E-state index is 13.1. The van der Waals surface area contributed by atoms with E-state index in [0.29, 0.717) is 44.0 Å². The minimum atomic E-state index is -1.00. The average molecular weight is 511 g/mol. The van der Waals surface area contributed by atoms with Crippen LogP contribution in [0.5, 0.6) is 0 Å². The van der Waals surface area contributed by atoms with Crippen molar-refractivity contribution in [3.8, 4) is 10.6 Å². The molecule has 1 amide bonds. The number of piperidine rings is 1. The number of rotatable bonds is 5. The molecule has 1 aliphatic rings. The molecule has 0 unspecified atom stereocenters. The third-order valence-electron chi connectivity index (χ3n) is 7.55. The van der Waals surface area contributed by atoms with Crippen LogP contribution in [0.4, 0.5) is 0 Å². The van der Waals surface area contributed by atoms with Crippen molar-refractivity contribution in [3.63, 3.8) is 0 Å². The number of thiazole rings is 1. The van der Waals surface area contributed by atoms with Gasteiger partial charge in [0.25, 0.3) is 0 Å². The molecule has 5 nitrogen and oxygen atoms in total. The van der Waals surface area contributed by atoms with Crippen LogP contribution in [-0.4, -0.2) is 34.0 Å². The van der Waals surface area contributed by atoms with Crippen molar-refractivity contribution in [2.75, 3.05) is 13.1 Å². The molecule has 0 radical (unpaired) electrons. The lowest BCUT2D eigenvalue weighted by Crippen LogP contribution is -2.45. The number of hydrogen-bond donors (Lipinski definition) is 1. The molecule has 2 aromatic heterocycles. The first-order valence-corrected chi connectivity index (χ1v) is 13.7. The highest BCUT2D eigenvalue weighted by atomic mass is 32.1. The van der Waals surface area contributed by atoms with Crippen LogP contribution < -0.4 is 0 Å². The van der Waals surface area contributed by atoms with Crippen molar-refractivity contribution in [3.05, 3.63) is 88.9 Å². The van der Waals surface area contributed by atoms with E-state index in [1.54, 1.807) is 11.3 Å². The molecule has 0 aliphatic carbocycles. The molecule has 0 spiro atoms. The van der Waals surface area contributed by atoms with Crippen LogP contribution in [0.15, 0.2) is 76.5 Å². The highest BCUT2D eigenvalue weighted by molar-refractivity contribution is 7.13. The Balaban J connectivity index is 1.12. The summed E-state index contributed by atoms with van der Waals surface area (Å²) >= 11 is 1.56. The van der Waals surface area contributed by atoms with Gasteiger partial charge >= 0.3 is 0 Å². The second-order valence-corrected chi connectivity index (χ2v) is 11.2. The van der Waals surface area contributed by atoms with E-state index in [1.165, 1.54) is 5.56 Å². The van der Waals surface area contributed by atoms with Crippen molar-refractivity contribution in [1.82, 2.24) is 9.88 Å². The van der Waals surface area contributed by atoms with Gasteiger partial charge in [-0.05, 0) is 48.1 Å². The van der Waals surface area contributed by atoms with Crippen LogP contribution in [-0.2, 0) is 16.8 Å². The molecule has 0 bridgehead atoms. The van der Waals surface area contributed by atoms with Crippen LogP contribution in [0.3, 0.4) is 0 Å². The normalized spacial score (nSPS) is 15.6. The highest BCUT2D eigenvalue weighted by Gasteiger charge is 2.37. The lowest BCUT2D eigenvalue weighted by molar-refractivity contribution is -0.135. The Labute approximate surface area is 220 Å². The molecule has 5 aromatic rings. The maximum Gasteiger partial charge on any atom is 0.226 e. The van der Waals surface area contributed by atoms with Gasteiger partial charge in [0.15, 0.2) is 0 Å². The van der Waals surface area contributed by atoms with Crippen LogP contribution in [0, 0.1) is 0 Å². The summed E-state index contributed by atoms with van der Waals surface area (Å²) in [6, 6.07) is 22.4. The quantitative estimate of drug-likeness (QED) is 0.280. The van der Waals surface area contributed by atoms with E-state index in [9.17, 15) is 9.90 Å². The number of likely N-dealkylation sites (tertiary alicyclic amines) is 1. The SMILES string of the molecule is CC(C)c1ccc(-c2nc(C3(O)CCN(C(=O)Cc4ccc5oc6ccccc6c5c4)CC3)cs2)cc1. The van der Waals surface area contributed by atoms with E-state index in [0.717, 1.165) is 38.1 Å². The summed E-state index contributed by atoms with van der Waals surface area (Å²) in [5.41, 5.74) is 4.74. The molecular formula is C31H30N2O3S. The highest BCUT2D eigenvalue weighted by Crippen LogP contribution is 2.36. The molecular weight excluding hydrogens is 480 g/mol. The number of benzene rings is 3. The topological polar surface area (TPSA) is 66.6 Å². The molecule has 1 fully saturated rings. The zero-order valence-electron chi connectivity index (χ0n) is 21.1. The van der Waals surface area contributed by atoms with Gasteiger partial charge in [0.1, 0.15) is 21.8 Å². The largest absolute Gasteiger partial charge is 0.456 e. The molecule has 37 heavy (non-hydrogen) atoms. The standard InChI is InChI=1S/C31H30N2O3S/c1-20(2)22-8-10-23(11-9-22)30-32-28(19-37-30)31(35)13-15-33(16-14-31)29(34)18-21-7-12-27-25(17-21)24-5-3-4-6-26(24)36-27/h3-12,17,19-20,35H,13-16,18H2,1-2H3. The predicted molar refractivity (Wildman–Crippen MR) is 149 cm³/mol. The van der Waals surface area contributed by atoms with Gasteiger partial charge < -0.3 is 14.4 Å². The molecule has 1 saturated heterocycles. The maximum absolute atomic E-state index is 13.1. The number of hydrogen-bond acceptors (Lipinski definition) is 5. The van der Waals surface area contributed by atoms with Crippen molar-refractivity contribution in [2.45, 2.75) is 44.6 Å². The van der Waals surface area contributed by atoms with Gasteiger partial charge in [0.2, 0.25) is 5.91 Å². The lowest BCUT2D eigenvalue weighted by Gasteiger charge is -2.37. The first kappa shape index (κ1) is 23.9. The van der Waals surface area contributed by atoms with Gasteiger partial charge in [-0.3, -0.25) is 4.79 Å². The molecule has 6 heteroatoms. The fourth-order valence-corrected chi connectivity index (χ4v) is 6.10. The number of furan rings is 1. The smallest absolute Gasteiger partial charge is 0.226 e. The molecule has 0 atom stereocenters. The Bertz CT molecular complexity index is 1570. The predicted octanol–water partition coefficient (Wildman–Crippen LogP) is 6.89. The van der Waals surface area contributed by atoms with Crippen molar-refractivity contribution in [2.24, 2.45) is 0 Å². The molecule has 0 saturated carbocycles. The zero-order valence-corrected chi connectivity index (χ0v) is 21.9. The third-order valence-corrected chi connectivity index (χ3v) is 8.44. The Morgan fingerprint density at radius 2 is 1.76 bits per heavy atom. The summed E-state index contributed by atoms with van der Waals surface area (Å²) in [4.78, 5) is 19.8. The van der Waals surface area contributed by atoms with Crippen LogP contribution >= 0.6 is 11.3 Å². The number of amides is 1. The van der Waals surface area contributed by atoms with Crippen molar-refractivity contribution in [1.29, 1.82) is 0 Å². The fourth-order valence-electron chi connectivity index (χ4n) is 5.18. The number of carbonyl (C=O) groups is 1. The summed E-state index contributed by atoms with van der Waals surface area (Å²) in [6.07, 6.45) is 1.31. The average Bonchev–Trinajstić information content (AvgIpc) is 3.55. The van der Waals surface area contributed by atoms with Gasteiger partial charge in [0.05, 0.1) is 12.1 Å². The monoisotopic (exact) mass is 510 g/mol. The van der Waals surface area contributed by atoms with Gasteiger partial charge in [-0.1, -0.05) is 62.4 Å². The molecule has 3 aromatic carbocycles. The van der Waals surface area contributed by atoms with Crippen LogP contribution in [0.1, 0.15) is 49.4 Å². The van der Waals surface area contributed by atoms with Gasteiger partial charge in [-0.2, -0.15) is 0 Å². The number of nitrogens with zero attached hydrogens (tertiary/aromatic N) is 2. The van der Waals surface area contributed by atoms with E-state index in [2.05, 4.69) is 44.2 Å². The molecule has 188 valence electrons. The number of aromatic nitrogens is 1. The van der Waals surface area contributed by atoms with Gasteiger partial charge in [-0.15, -0.1) is 11.3 Å². The molecule has 6 rings (SSSR count). The summed E-state index contributed by atoms with van der Waals surface area (Å²) < 4.78 is 5.91. The van der Waals surface area contributed by atoms with Gasteiger partial charge in [-0.25, -0.2) is 4.98 Å². The minimum Gasteiger partial charge on any atom is -0.456 e. The van der Waals surface area contributed by atoms with Gasteiger partial charge in [0, 0.05) is 34.8 Å². The van der Waals surface area contributed by atoms with Crippen molar-refractivity contribution < 1.29 is 14.3 Å². The minimum absolute atomic E-state index is 0.0819. The third kappa shape index (κ3) is 4.56. The van der Waals surface area contributed by atoms with E-state index in [-0.39, 0.29) is 5.91 Å². The number of fused-ring (bicyclic) bond motifs is 3. The molecule has 3 heterocycles.